The number of ether oxygens (including phenoxy) is 1. The molecule has 1 heterocycles. The number of carbonyl (C=O) groups excluding carboxylic acids is 1. The highest BCUT2D eigenvalue weighted by molar-refractivity contribution is 5.89. The number of carbonyl (C=O) groups is 1. The van der Waals surface area contributed by atoms with Gasteiger partial charge < -0.3 is 9.15 Å². The summed E-state index contributed by atoms with van der Waals surface area (Å²) in [7, 11) is 0. The third-order valence-corrected chi connectivity index (χ3v) is 3.35. The second-order valence-corrected chi connectivity index (χ2v) is 5.03. The minimum absolute atomic E-state index is 0.0267. The summed E-state index contributed by atoms with van der Waals surface area (Å²) in [6, 6.07) is 15.7. The quantitative estimate of drug-likeness (QED) is 0.548. The molecule has 110 valence electrons. The van der Waals surface area contributed by atoms with Crippen molar-refractivity contribution in [1.82, 2.24) is 0 Å². The first-order valence-corrected chi connectivity index (χ1v) is 6.89. The van der Waals surface area contributed by atoms with Crippen molar-refractivity contribution in [2.24, 2.45) is 0 Å². The fourth-order valence-corrected chi connectivity index (χ4v) is 2.26. The number of esters is 1. The molecular formula is C18H14O4. The zero-order valence-corrected chi connectivity index (χ0v) is 12.0. The highest BCUT2D eigenvalue weighted by Crippen LogP contribution is 2.19. The van der Waals surface area contributed by atoms with Crippen LogP contribution in [0.3, 0.4) is 0 Å². The predicted octanol–water partition coefficient (Wildman–Crippen LogP) is 3.46. The van der Waals surface area contributed by atoms with Gasteiger partial charge in [0.15, 0.2) is 0 Å². The number of fused-ring (bicyclic) bond motifs is 1. The lowest BCUT2D eigenvalue weighted by Gasteiger charge is -2.07. The molecule has 0 unspecified atom stereocenters. The van der Waals surface area contributed by atoms with E-state index in [2.05, 4.69) is 0 Å². The van der Waals surface area contributed by atoms with Gasteiger partial charge in [-0.05, 0) is 30.7 Å². The Bertz CT molecular complexity index is 878. The molecule has 0 spiro atoms. The second-order valence-electron chi connectivity index (χ2n) is 5.03. The first-order valence-electron chi connectivity index (χ1n) is 6.89. The van der Waals surface area contributed by atoms with Gasteiger partial charge in [0.25, 0.3) is 0 Å². The summed E-state index contributed by atoms with van der Waals surface area (Å²) in [6.07, 6.45) is 0. The molecule has 0 N–H and O–H groups in total. The number of benzene rings is 2. The first kappa shape index (κ1) is 14.1. The Morgan fingerprint density at radius 2 is 1.86 bits per heavy atom. The molecule has 0 radical (unpaired) electrons. The third-order valence-electron chi connectivity index (χ3n) is 3.35. The summed E-state index contributed by atoms with van der Waals surface area (Å²) in [6.45, 7) is 1.94. The molecule has 0 amide bonds. The monoisotopic (exact) mass is 294 g/mol. The average Bonchev–Trinajstić information content (AvgIpc) is 2.52. The van der Waals surface area contributed by atoms with Gasteiger partial charge in [-0.25, -0.2) is 9.59 Å². The van der Waals surface area contributed by atoms with E-state index in [-0.39, 0.29) is 6.61 Å². The summed E-state index contributed by atoms with van der Waals surface area (Å²) in [5.74, 6) is -0.422. The maximum Gasteiger partial charge on any atom is 0.338 e. The van der Waals surface area contributed by atoms with Gasteiger partial charge in [0.2, 0.25) is 0 Å². The van der Waals surface area contributed by atoms with Crippen LogP contribution in [0.2, 0.25) is 0 Å². The van der Waals surface area contributed by atoms with Crippen molar-refractivity contribution >= 4 is 16.9 Å². The highest BCUT2D eigenvalue weighted by atomic mass is 16.5. The van der Waals surface area contributed by atoms with E-state index in [0.717, 1.165) is 10.9 Å². The molecule has 4 nitrogen and oxygen atoms in total. The van der Waals surface area contributed by atoms with Crippen molar-refractivity contribution < 1.29 is 13.9 Å². The van der Waals surface area contributed by atoms with Crippen molar-refractivity contribution in [3.8, 4) is 0 Å². The van der Waals surface area contributed by atoms with Crippen LogP contribution in [0.15, 0.2) is 63.8 Å². The number of rotatable bonds is 3. The van der Waals surface area contributed by atoms with Crippen molar-refractivity contribution in [3.63, 3.8) is 0 Å². The van der Waals surface area contributed by atoms with E-state index in [1.165, 1.54) is 6.07 Å². The minimum Gasteiger partial charge on any atom is -0.457 e. The van der Waals surface area contributed by atoms with E-state index < -0.39 is 11.6 Å². The van der Waals surface area contributed by atoms with Crippen molar-refractivity contribution in [1.29, 1.82) is 0 Å². The van der Waals surface area contributed by atoms with Crippen LogP contribution in [0.4, 0.5) is 0 Å². The van der Waals surface area contributed by atoms with Crippen LogP contribution in [0, 0.1) is 6.92 Å². The molecule has 22 heavy (non-hydrogen) atoms. The van der Waals surface area contributed by atoms with Crippen LogP contribution in [0.25, 0.3) is 11.0 Å². The molecule has 0 aliphatic heterocycles. The molecule has 1 aromatic heterocycles. The van der Waals surface area contributed by atoms with Crippen LogP contribution >= 0.6 is 0 Å². The minimum atomic E-state index is -0.455. The Kier molecular flexibility index (Phi) is 3.74. The van der Waals surface area contributed by atoms with Gasteiger partial charge in [-0.1, -0.05) is 30.3 Å². The second kappa shape index (κ2) is 5.85. The smallest absolute Gasteiger partial charge is 0.338 e. The highest BCUT2D eigenvalue weighted by Gasteiger charge is 2.10. The van der Waals surface area contributed by atoms with Gasteiger partial charge in [0, 0.05) is 17.0 Å². The molecule has 3 aromatic rings. The molecule has 0 fully saturated rings. The van der Waals surface area contributed by atoms with Crippen molar-refractivity contribution in [2.45, 2.75) is 13.5 Å². The first-order chi connectivity index (χ1) is 10.6. The lowest BCUT2D eigenvalue weighted by Crippen LogP contribution is -2.07. The van der Waals surface area contributed by atoms with Gasteiger partial charge in [0.1, 0.15) is 12.2 Å². The Balaban J connectivity index is 1.88. The molecule has 2 aromatic carbocycles. The molecule has 0 saturated carbocycles. The number of hydrogen-bond donors (Lipinski definition) is 0. The van der Waals surface area contributed by atoms with Crippen LogP contribution < -0.4 is 5.63 Å². The molecule has 0 saturated heterocycles. The lowest BCUT2D eigenvalue weighted by molar-refractivity contribution is 0.0474. The topological polar surface area (TPSA) is 56.5 Å². The van der Waals surface area contributed by atoms with Crippen molar-refractivity contribution in [2.75, 3.05) is 0 Å². The largest absolute Gasteiger partial charge is 0.457 e. The Hall–Kier alpha value is -2.88. The normalized spacial score (nSPS) is 10.6. The summed E-state index contributed by atoms with van der Waals surface area (Å²) in [5.41, 5.74) is 2.15. The fraction of sp³-hybridized carbons (Fsp3) is 0.111. The van der Waals surface area contributed by atoms with Crippen LogP contribution in [-0.4, -0.2) is 5.97 Å². The predicted molar refractivity (Wildman–Crippen MR) is 82.8 cm³/mol. The molecule has 0 bridgehead atoms. The maximum atomic E-state index is 12.0. The van der Waals surface area contributed by atoms with E-state index in [0.29, 0.717) is 16.7 Å². The Morgan fingerprint density at radius 3 is 2.64 bits per heavy atom. The SMILES string of the molecule is Cc1ccc2c(COC(=O)c3ccccc3)cc(=O)oc2c1. The summed E-state index contributed by atoms with van der Waals surface area (Å²) < 4.78 is 10.5. The van der Waals surface area contributed by atoms with E-state index in [4.69, 9.17) is 9.15 Å². The van der Waals surface area contributed by atoms with Crippen LogP contribution in [0.5, 0.6) is 0 Å². The lowest BCUT2D eigenvalue weighted by atomic mass is 10.1. The Labute approximate surface area is 127 Å². The van der Waals surface area contributed by atoms with E-state index >= 15 is 0 Å². The van der Waals surface area contributed by atoms with Gasteiger partial charge >= 0.3 is 11.6 Å². The van der Waals surface area contributed by atoms with E-state index in [1.807, 2.05) is 25.1 Å². The molecular weight excluding hydrogens is 280 g/mol. The van der Waals surface area contributed by atoms with Crippen molar-refractivity contribution in [3.05, 3.63) is 81.7 Å². The van der Waals surface area contributed by atoms with Crippen LogP contribution in [-0.2, 0) is 11.3 Å². The van der Waals surface area contributed by atoms with Crippen LogP contribution in [0.1, 0.15) is 21.5 Å². The van der Waals surface area contributed by atoms with Gasteiger partial charge in [-0.3, -0.25) is 0 Å². The number of hydrogen-bond acceptors (Lipinski definition) is 4. The zero-order chi connectivity index (χ0) is 15.5. The Morgan fingerprint density at radius 1 is 1.09 bits per heavy atom. The molecule has 0 aliphatic carbocycles. The van der Waals surface area contributed by atoms with E-state index in [9.17, 15) is 9.59 Å². The molecule has 3 rings (SSSR count). The standard InChI is InChI=1S/C18H14O4/c1-12-7-8-15-14(10-17(19)22-16(15)9-12)11-21-18(20)13-5-3-2-4-6-13/h2-10H,11H2,1H3. The fourth-order valence-electron chi connectivity index (χ4n) is 2.26. The van der Waals surface area contributed by atoms with Gasteiger partial charge in [-0.2, -0.15) is 0 Å². The molecule has 4 heteroatoms. The van der Waals surface area contributed by atoms with E-state index in [1.54, 1.807) is 30.3 Å². The zero-order valence-electron chi connectivity index (χ0n) is 12.0. The maximum absolute atomic E-state index is 12.0. The van der Waals surface area contributed by atoms with Gasteiger partial charge in [0.05, 0.1) is 5.56 Å². The average molecular weight is 294 g/mol. The summed E-state index contributed by atoms with van der Waals surface area (Å²) >= 11 is 0. The summed E-state index contributed by atoms with van der Waals surface area (Å²) in [4.78, 5) is 23.6. The molecule has 0 aliphatic rings. The third kappa shape index (κ3) is 2.91. The number of aryl methyl sites for hydroxylation is 1. The van der Waals surface area contributed by atoms with Gasteiger partial charge in [-0.15, -0.1) is 0 Å². The molecule has 0 atom stereocenters. The summed E-state index contributed by atoms with van der Waals surface area (Å²) in [5, 5.41) is 0.770.